The molecule has 0 aliphatic carbocycles. The Balaban J connectivity index is 2.18. The molecule has 1 aliphatic heterocycles. The van der Waals surface area contributed by atoms with Gasteiger partial charge >= 0.3 is 0 Å². The van der Waals surface area contributed by atoms with Gasteiger partial charge in [0.05, 0.1) is 11.2 Å². The molecule has 1 fully saturated rings. The van der Waals surface area contributed by atoms with Gasteiger partial charge in [-0.2, -0.15) is 0 Å². The van der Waals surface area contributed by atoms with Gasteiger partial charge in [-0.05, 0) is 24.4 Å². The van der Waals surface area contributed by atoms with Crippen LogP contribution in [0.2, 0.25) is 0 Å². The molecule has 7 heteroatoms. The molecule has 1 aromatic heterocycles. The first-order valence-corrected chi connectivity index (χ1v) is 8.56. The number of nitrogens with zero attached hydrogens (tertiary/aromatic N) is 2. The predicted octanol–water partition coefficient (Wildman–Crippen LogP) is 2.51. The summed E-state index contributed by atoms with van der Waals surface area (Å²) >= 11 is 4.68. The first-order chi connectivity index (χ1) is 9.38. The van der Waals surface area contributed by atoms with Crippen molar-refractivity contribution in [2.75, 3.05) is 18.5 Å². The van der Waals surface area contributed by atoms with Crippen LogP contribution < -0.4 is 5.32 Å². The van der Waals surface area contributed by atoms with Crippen LogP contribution in [0.15, 0.2) is 0 Å². The third-order valence-electron chi connectivity index (χ3n) is 3.49. The molecule has 1 amide bonds. The van der Waals surface area contributed by atoms with Gasteiger partial charge in [-0.15, -0.1) is 5.10 Å². The highest BCUT2D eigenvalue weighted by Crippen LogP contribution is 2.28. The van der Waals surface area contributed by atoms with Crippen LogP contribution >= 0.6 is 27.5 Å². The van der Waals surface area contributed by atoms with Crippen molar-refractivity contribution in [3.05, 3.63) is 10.6 Å². The van der Waals surface area contributed by atoms with Crippen molar-refractivity contribution >= 4 is 33.4 Å². The molecule has 0 unspecified atom stereocenters. The summed E-state index contributed by atoms with van der Waals surface area (Å²) in [5.41, 5.74) is 0.350. The van der Waals surface area contributed by atoms with Gasteiger partial charge in [-0.1, -0.05) is 41.2 Å². The number of amides is 1. The fraction of sp³-hybridized carbons (Fsp3) is 0.769. The Morgan fingerprint density at radius 3 is 2.65 bits per heavy atom. The zero-order valence-electron chi connectivity index (χ0n) is 12.0. The summed E-state index contributed by atoms with van der Waals surface area (Å²) in [4.78, 5) is 13.2. The molecule has 5 nitrogen and oxygen atoms in total. The first-order valence-electron chi connectivity index (χ1n) is 6.67. The van der Waals surface area contributed by atoms with E-state index in [4.69, 9.17) is 4.74 Å². The normalized spacial score (nSPS) is 18.8. The van der Waals surface area contributed by atoms with E-state index in [-0.39, 0.29) is 16.9 Å². The third kappa shape index (κ3) is 3.38. The molecule has 2 rings (SSSR count). The summed E-state index contributed by atoms with van der Waals surface area (Å²) in [6.07, 6.45) is 1.64. The van der Waals surface area contributed by atoms with Crippen LogP contribution in [0, 0.1) is 0 Å². The number of nitrogens with one attached hydrogen (secondary N) is 1. The Kier molecular flexibility index (Phi) is 4.81. The topological polar surface area (TPSA) is 64.1 Å². The minimum Gasteiger partial charge on any atom is -0.381 e. The number of hydrogen-bond donors (Lipinski definition) is 1. The van der Waals surface area contributed by atoms with Crippen LogP contribution in [0.3, 0.4) is 0 Å². The maximum Gasteiger partial charge on any atom is 0.265 e. The fourth-order valence-corrected chi connectivity index (χ4v) is 3.65. The molecular formula is C13H20BrN3O2S. The zero-order valence-corrected chi connectivity index (χ0v) is 14.4. The monoisotopic (exact) mass is 361 g/mol. The average Bonchev–Trinajstić information content (AvgIpc) is 2.89. The molecular weight excluding hydrogens is 342 g/mol. The van der Waals surface area contributed by atoms with E-state index in [1.54, 1.807) is 0 Å². The van der Waals surface area contributed by atoms with Crippen LogP contribution in [-0.4, -0.2) is 39.6 Å². The van der Waals surface area contributed by atoms with Gasteiger partial charge in [0.1, 0.15) is 4.88 Å². The smallest absolute Gasteiger partial charge is 0.265 e. The number of rotatable bonds is 3. The van der Waals surface area contributed by atoms with Crippen molar-refractivity contribution in [2.24, 2.45) is 0 Å². The summed E-state index contributed by atoms with van der Waals surface area (Å²) in [6.45, 7) is 7.47. The van der Waals surface area contributed by atoms with Gasteiger partial charge in [0, 0.05) is 24.0 Å². The Bertz CT molecular complexity index is 478. The van der Waals surface area contributed by atoms with Gasteiger partial charge < -0.3 is 10.1 Å². The van der Waals surface area contributed by atoms with Gasteiger partial charge in [-0.25, -0.2) is 0 Å². The van der Waals surface area contributed by atoms with Crippen LogP contribution in [0.4, 0.5) is 0 Å². The Morgan fingerprint density at radius 2 is 2.10 bits per heavy atom. The summed E-state index contributed by atoms with van der Waals surface area (Å²) in [5.74, 6) is -0.0775. The summed E-state index contributed by atoms with van der Waals surface area (Å²) < 4.78 is 9.33. The van der Waals surface area contributed by atoms with E-state index in [1.165, 1.54) is 0 Å². The summed E-state index contributed by atoms with van der Waals surface area (Å²) in [6, 6.07) is 0. The van der Waals surface area contributed by atoms with Crippen LogP contribution in [0.25, 0.3) is 0 Å². The highest BCUT2D eigenvalue weighted by molar-refractivity contribution is 9.09. The quantitative estimate of drug-likeness (QED) is 0.840. The zero-order chi connectivity index (χ0) is 14.8. The van der Waals surface area contributed by atoms with Crippen molar-refractivity contribution in [1.29, 1.82) is 0 Å². The maximum atomic E-state index is 12.6. The van der Waals surface area contributed by atoms with Gasteiger partial charge in [-0.3, -0.25) is 4.79 Å². The minimum absolute atomic E-state index is 0.0775. The Labute approximate surface area is 131 Å². The van der Waals surface area contributed by atoms with E-state index < -0.39 is 0 Å². The molecule has 1 N–H and O–H groups in total. The van der Waals surface area contributed by atoms with Crippen molar-refractivity contribution in [2.45, 2.75) is 44.6 Å². The molecule has 0 saturated carbocycles. The number of aromatic nitrogens is 2. The highest BCUT2D eigenvalue weighted by Gasteiger charge is 2.35. The predicted molar refractivity (Wildman–Crippen MR) is 82.7 cm³/mol. The molecule has 1 aliphatic rings. The average molecular weight is 362 g/mol. The molecule has 0 aromatic carbocycles. The van der Waals surface area contributed by atoms with Crippen LogP contribution in [0.5, 0.6) is 0 Å². The highest BCUT2D eigenvalue weighted by atomic mass is 79.9. The number of alkyl halides is 1. The molecule has 20 heavy (non-hydrogen) atoms. The van der Waals surface area contributed by atoms with Crippen molar-refractivity contribution in [3.8, 4) is 0 Å². The molecule has 112 valence electrons. The number of carbonyl (C=O) groups is 1. The van der Waals surface area contributed by atoms with Crippen LogP contribution in [0.1, 0.15) is 49.0 Å². The van der Waals surface area contributed by atoms with Crippen molar-refractivity contribution in [1.82, 2.24) is 14.9 Å². The van der Waals surface area contributed by atoms with Crippen LogP contribution in [-0.2, 0) is 10.2 Å². The van der Waals surface area contributed by atoms with E-state index in [0.717, 1.165) is 35.4 Å². The molecule has 0 radical (unpaired) electrons. The van der Waals surface area contributed by atoms with Gasteiger partial charge in [0.25, 0.3) is 5.91 Å². The number of hydrogen-bond acceptors (Lipinski definition) is 5. The largest absolute Gasteiger partial charge is 0.381 e. The molecule has 1 aromatic rings. The standard InChI is InChI=1S/C13H20BrN3O2S/c1-12(2,3)10-9(20-17-16-10)11(18)15-13(8-14)4-6-19-7-5-13/h4-8H2,1-3H3,(H,15,18). The van der Waals surface area contributed by atoms with Crippen molar-refractivity contribution in [3.63, 3.8) is 0 Å². The lowest BCUT2D eigenvalue weighted by Gasteiger charge is -2.36. The second-order valence-corrected chi connectivity index (χ2v) is 7.50. The van der Waals surface area contributed by atoms with E-state index in [9.17, 15) is 4.79 Å². The van der Waals surface area contributed by atoms with E-state index in [0.29, 0.717) is 18.1 Å². The molecule has 2 heterocycles. The van der Waals surface area contributed by atoms with Crippen molar-refractivity contribution < 1.29 is 9.53 Å². The molecule has 0 bridgehead atoms. The molecule has 0 spiro atoms. The van der Waals surface area contributed by atoms with E-state index in [2.05, 4.69) is 30.8 Å². The number of ether oxygens (including phenoxy) is 1. The second-order valence-electron chi connectivity index (χ2n) is 6.18. The molecule has 0 atom stereocenters. The lowest BCUT2D eigenvalue weighted by atomic mass is 9.90. The lowest BCUT2D eigenvalue weighted by Crippen LogP contribution is -2.53. The van der Waals surface area contributed by atoms with E-state index in [1.807, 2.05) is 20.8 Å². The first kappa shape index (κ1) is 15.9. The summed E-state index contributed by atoms with van der Waals surface area (Å²) in [7, 11) is 0. The second kappa shape index (κ2) is 6.07. The molecule has 1 saturated heterocycles. The number of carbonyl (C=O) groups excluding carboxylic acids is 1. The number of halogens is 1. The SMILES string of the molecule is CC(C)(C)c1nnsc1C(=O)NC1(CBr)CCOCC1. The fourth-order valence-electron chi connectivity index (χ4n) is 2.18. The minimum atomic E-state index is -0.228. The Morgan fingerprint density at radius 1 is 1.45 bits per heavy atom. The third-order valence-corrected chi connectivity index (χ3v) is 5.29. The lowest BCUT2D eigenvalue weighted by molar-refractivity contribution is 0.0442. The maximum absolute atomic E-state index is 12.6. The Hall–Kier alpha value is -0.530. The van der Waals surface area contributed by atoms with Gasteiger partial charge in [0.15, 0.2) is 0 Å². The van der Waals surface area contributed by atoms with E-state index >= 15 is 0 Å². The summed E-state index contributed by atoms with van der Waals surface area (Å²) in [5, 5.41) is 8.01. The van der Waals surface area contributed by atoms with Gasteiger partial charge in [0.2, 0.25) is 0 Å².